The molecule has 0 radical (unpaired) electrons. The molecule has 6 nitrogen and oxygen atoms in total. The number of amides is 2. The van der Waals surface area contributed by atoms with Crippen LogP contribution in [0.5, 0.6) is 5.75 Å². The molecule has 1 aromatic carbocycles. The van der Waals surface area contributed by atoms with E-state index in [0.717, 1.165) is 16.8 Å². The number of ether oxygens (including phenoxy) is 1. The van der Waals surface area contributed by atoms with Crippen LogP contribution >= 0.6 is 0 Å². The van der Waals surface area contributed by atoms with Crippen LogP contribution in [0.25, 0.3) is 0 Å². The van der Waals surface area contributed by atoms with Gasteiger partial charge in [-0.25, -0.2) is 9.18 Å². The molecular formula is C18H23FN4O2. The maximum atomic E-state index is 13.5. The molecule has 0 spiro atoms. The summed E-state index contributed by atoms with van der Waals surface area (Å²) in [6, 6.07) is 3.89. The molecule has 0 saturated heterocycles. The van der Waals surface area contributed by atoms with Crippen molar-refractivity contribution < 1.29 is 13.9 Å². The predicted molar refractivity (Wildman–Crippen MR) is 91.8 cm³/mol. The summed E-state index contributed by atoms with van der Waals surface area (Å²) < 4.78 is 21.1. The number of halogens is 1. The number of aromatic nitrogens is 2. The number of urea groups is 1. The summed E-state index contributed by atoms with van der Waals surface area (Å²) in [5.41, 5.74) is 2.27. The van der Waals surface area contributed by atoms with Crippen molar-refractivity contribution in [1.29, 1.82) is 0 Å². The van der Waals surface area contributed by atoms with Crippen LogP contribution in [-0.4, -0.2) is 21.4 Å². The van der Waals surface area contributed by atoms with Crippen LogP contribution in [0.4, 0.5) is 9.18 Å². The Kier molecular flexibility index (Phi) is 4.41. The van der Waals surface area contributed by atoms with Crippen LogP contribution in [0, 0.1) is 12.7 Å². The Morgan fingerprint density at radius 1 is 1.48 bits per heavy atom. The van der Waals surface area contributed by atoms with Gasteiger partial charge in [0.05, 0.1) is 12.2 Å². The van der Waals surface area contributed by atoms with E-state index in [9.17, 15) is 9.18 Å². The van der Waals surface area contributed by atoms with Crippen LogP contribution in [0.3, 0.4) is 0 Å². The first-order chi connectivity index (χ1) is 11.7. The minimum absolute atomic E-state index is 0.241. The molecule has 0 aliphatic carbocycles. The zero-order chi connectivity index (χ0) is 18.2. The van der Waals surface area contributed by atoms with E-state index in [2.05, 4.69) is 15.7 Å². The molecule has 3 rings (SSSR count). The van der Waals surface area contributed by atoms with Gasteiger partial charge in [0.15, 0.2) is 0 Å². The molecule has 1 aliphatic rings. The minimum Gasteiger partial charge on any atom is -0.487 e. The van der Waals surface area contributed by atoms with Gasteiger partial charge in [-0.05, 0) is 26.8 Å². The van der Waals surface area contributed by atoms with Crippen LogP contribution in [-0.2, 0) is 13.6 Å². The molecule has 2 aromatic rings. The van der Waals surface area contributed by atoms with Crippen LogP contribution < -0.4 is 15.4 Å². The van der Waals surface area contributed by atoms with Gasteiger partial charge in [0.2, 0.25) is 0 Å². The lowest BCUT2D eigenvalue weighted by atomic mass is 9.90. The van der Waals surface area contributed by atoms with Crippen molar-refractivity contribution in [2.75, 3.05) is 0 Å². The number of hydrogen-bond acceptors (Lipinski definition) is 3. The third kappa shape index (κ3) is 3.75. The van der Waals surface area contributed by atoms with Crippen molar-refractivity contribution in [3.05, 3.63) is 47.0 Å². The second-order valence-electron chi connectivity index (χ2n) is 7.01. The van der Waals surface area contributed by atoms with Crippen LogP contribution in [0.2, 0.25) is 0 Å². The zero-order valence-electron chi connectivity index (χ0n) is 14.9. The fraction of sp³-hybridized carbons (Fsp3) is 0.444. The normalized spacial score (nSPS) is 18.2. The highest BCUT2D eigenvalue weighted by molar-refractivity contribution is 5.74. The number of carbonyl (C=O) groups is 1. The van der Waals surface area contributed by atoms with Crippen molar-refractivity contribution in [3.8, 4) is 5.75 Å². The second kappa shape index (κ2) is 6.38. The van der Waals surface area contributed by atoms with Gasteiger partial charge in [-0.1, -0.05) is 6.07 Å². The molecule has 1 aromatic heterocycles. The summed E-state index contributed by atoms with van der Waals surface area (Å²) in [7, 11) is 1.86. The second-order valence-corrected chi connectivity index (χ2v) is 7.01. The number of fused-ring (bicyclic) bond motifs is 1. The van der Waals surface area contributed by atoms with Gasteiger partial charge >= 0.3 is 6.03 Å². The largest absolute Gasteiger partial charge is 0.487 e. The van der Waals surface area contributed by atoms with Gasteiger partial charge in [0, 0.05) is 42.9 Å². The van der Waals surface area contributed by atoms with Crippen molar-refractivity contribution in [1.82, 2.24) is 20.4 Å². The van der Waals surface area contributed by atoms with E-state index in [1.807, 2.05) is 27.8 Å². The molecule has 2 N–H and O–H groups in total. The summed E-state index contributed by atoms with van der Waals surface area (Å²) >= 11 is 0. The Bertz CT molecular complexity index is 800. The van der Waals surface area contributed by atoms with Crippen molar-refractivity contribution in [2.45, 2.75) is 45.4 Å². The molecule has 1 unspecified atom stereocenters. The fourth-order valence-electron chi connectivity index (χ4n) is 3.06. The monoisotopic (exact) mass is 346 g/mol. The number of carbonyl (C=O) groups excluding carboxylic acids is 1. The third-order valence-electron chi connectivity index (χ3n) is 4.51. The average Bonchev–Trinajstić information content (AvgIpc) is 2.83. The van der Waals surface area contributed by atoms with E-state index < -0.39 is 5.60 Å². The highest BCUT2D eigenvalue weighted by Gasteiger charge is 2.34. The van der Waals surface area contributed by atoms with Crippen LogP contribution in [0.1, 0.15) is 43.1 Å². The summed E-state index contributed by atoms with van der Waals surface area (Å²) in [6.45, 7) is 6.20. The van der Waals surface area contributed by atoms with E-state index in [4.69, 9.17) is 4.74 Å². The van der Waals surface area contributed by atoms with Gasteiger partial charge in [0.1, 0.15) is 17.2 Å². The lowest BCUT2D eigenvalue weighted by molar-refractivity contribution is 0.0674. The SMILES string of the molecule is Cc1c(CNC(=O)NC2CC(C)(C)Oc3cc(F)ccc32)cnn1C. The topological polar surface area (TPSA) is 68.2 Å². The highest BCUT2D eigenvalue weighted by Crippen LogP contribution is 2.39. The van der Waals surface area contributed by atoms with Crippen molar-refractivity contribution >= 4 is 6.03 Å². The van der Waals surface area contributed by atoms with Crippen molar-refractivity contribution in [2.24, 2.45) is 7.05 Å². The van der Waals surface area contributed by atoms with Gasteiger partial charge in [-0.15, -0.1) is 0 Å². The van der Waals surface area contributed by atoms with Crippen LogP contribution in [0.15, 0.2) is 24.4 Å². The number of benzene rings is 1. The summed E-state index contributed by atoms with van der Waals surface area (Å²) in [6.07, 6.45) is 2.34. The predicted octanol–water partition coefficient (Wildman–Crippen LogP) is 2.97. The molecule has 2 amide bonds. The number of aryl methyl sites for hydroxylation is 1. The number of nitrogens with one attached hydrogen (secondary N) is 2. The standard InChI is InChI=1S/C18H23FN4O2/c1-11-12(10-21-23(11)4)9-20-17(24)22-15-8-18(2,3)25-16-7-13(19)5-6-14(15)16/h5-7,10,15H,8-9H2,1-4H3,(H2,20,22,24). The Morgan fingerprint density at radius 2 is 2.24 bits per heavy atom. The summed E-state index contributed by atoms with van der Waals surface area (Å²) in [5.74, 6) is 0.122. The Morgan fingerprint density at radius 3 is 2.92 bits per heavy atom. The van der Waals surface area contributed by atoms with E-state index in [-0.39, 0.29) is 17.9 Å². The molecule has 0 saturated carbocycles. The number of nitrogens with zero attached hydrogens (tertiary/aromatic N) is 2. The molecule has 134 valence electrons. The Labute approximate surface area is 146 Å². The maximum absolute atomic E-state index is 13.5. The molecule has 25 heavy (non-hydrogen) atoms. The molecule has 0 fully saturated rings. The molecule has 1 aliphatic heterocycles. The van der Waals surface area contributed by atoms with Gasteiger partial charge in [-0.3, -0.25) is 4.68 Å². The molecular weight excluding hydrogens is 323 g/mol. The first-order valence-electron chi connectivity index (χ1n) is 8.25. The number of rotatable bonds is 3. The van der Waals surface area contributed by atoms with E-state index in [1.54, 1.807) is 16.9 Å². The number of hydrogen-bond donors (Lipinski definition) is 2. The smallest absolute Gasteiger partial charge is 0.315 e. The van der Waals surface area contributed by atoms with Gasteiger partial charge < -0.3 is 15.4 Å². The van der Waals surface area contributed by atoms with E-state index >= 15 is 0 Å². The minimum atomic E-state index is -0.487. The Hall–Kier alpha value is -2.57. The molecule has 1 atom stereocenters. The van der Waals surface area contributed by atoms with Gasteiger partial charge in [-0.2, -0.15) is 5.10 Å². The highest BCUT2D eigenvalue weighted by atomic mass is 19.1. The Balaban J connectivity index is 1.69. The fourth-order valence-corrected chi connectivity index (χ4v) is 3.06. The first kappa shape index (κ1) is 17.3. The zero-order valence-corrected chi connectivity index (χ0v) is 14.9. The maximum Gasteiger partial charge on any atom is 0.315 e. The first-order valence-corrected chi connectivity index (χ1v) is 8.25. The summed E-state index contributed by atoms with van der Waals surface area (Å²) in [4.78, 5) is 12.3. The van der Waals surface area contributed by atoms with Crippen molar-refractivity contribution in [3.63, 3.8) is 0 Å². The van der Waals surface area contributed by atoms with E-state index in [1.165, 1.54) is 12.1 Å². The summed E-state index contributed by atoms with van der Waals surface area (Å²) in [5, 5.41) is 9.98. The molecule has 7 heteroatoms. The average molecular weight is 346 g/mol. The van der Waals surface area contributed by atoms with E-state index in [0.29, 0.717) is 18.7 Å². The van der Waals surface area contributed by atoms with Gasteiger partial charge in [0.25, 0.3) is 0 Å². The lowest BCUT2D eigenvalue weighted by Crippen LogP contribution is -2.44. The molecule has 2 heterocycles. The lowest BCUT2D eigenvalue weighted by Gasteiger charge is -2.37. The quantitative estimate of drug-likeness (QED) is 0.898. The third-order valence-corrected chi connectivity index (χ3v) is 4.51. The molecule has 0 bridgehead atoms.